The molecule has 3 nitrogen and oxygen atoms in total. The summed E-state index contributed by atoms with van der Waals surface area (Å²) >= 11 is 0. The van der Waals surface area contributed by atoms with E-state index in [4.69, 9.17) is 4.74 Å². The van der Waals surface area contributed by atoms with E-state index in [-0.39, 0.29) is 5.41 Å². The van der Waals surface area contributed by atoms with Gasteiger partial charge in [0.25, 0.3) is 0 Å². The van der Waals surface area contributed by atoms with Crippen LogP contribution in [0.3, 0.4) is 0 Å². The van der Waals surface area contributed by atoms with Crippen molar-refractivity contribution < 1.29 is 4.74 Å². The summed E-state index contributed by atoms with van der Waals surface area (Å²) in [6, 6.07) is 11.6. The zero-order valence-electron chi connectivity index (χ0n) is 13.1. The Morgan fingerprint density at radius 2 is 1.95 bits per heavy atom. The molecule has 1 saturated heterocycles. The summed E-state index contributed by atoms with van der Waals surface area (Å²) in [5.74, 6) is 0. The molecule has 1 aliphatic carbocycles. The lowest BCUT2D eigenvalue weighted by Gasteiger charge is -2.39. The first kappa shape index (κ1) is 15.0. The molecule has 0 bridgehead atoms. The lowest BCUT2D eigenvalue weighted by Crippen LogP contribution is -2.50. The number of methoxy groups -OCH3 is 1. The van der Waals surface area contributed by atoms with Crippen LogP contribution >= 0.6 is 0 Å². The average Bonchev–Trinajstić information content (AvgIpc) is 3.02. The molecule has 0 aromatic heterocycles. The van der Waals surface area contributed by atoms with Gasteiger partial charge in [-0.25, -0.2) is 0 Å². The van der Waals surface area contributed by atoms with Gasteiger partial charge in [0.05, 0.1) is 6.10 Å². The molecule has 2 atom stereocenters. The molecule has 2 fully saturated rings. The molecule has 0 spiro atoms. The number of piperidine rings is 1. The Morgan fingerprint density at radius 3 is 2.67 bits per heavy atom. The first-order chi connectivity index (χ1) is 10.3. The predicted octanol–water partition coefficient (Wildman–Crippen LogP) is 2.46. The van der Waals surface area contributed by atoms with E-state index < -0.39 is 0 Å². The van der Waals surface area contributed by atoms with Crippen LogP contribution in [-0.2, 0) is 10.2 Å². The zero-order chi connectivity index (χ0) is 14.5. The van der Waals surface area contributed by atoms with Crippen molar-refractivity contribution in [1.82, 2.24) is 10.6 Å². The van der Waals surface area contributed by atoms with E-state index in [0.717, 1.165) is 19.6 Å². The van der Waals surface area contributed by atoms with Gasteiger partial charge >= 0.3 is 0 Å². The highest BCUT2D eigenvalue weighted by Crippen LogP contribution is 2.33. The van der Waals surface area contributed by atoms with Crippen LogP contribution in [0, 0.1) is 0 Å². The number of hydrogen-bond acceptors (Lipinski definition) is 3. The summed E-state index contributed by atoms with van der Waals surface area (Å²) in [5.41, 5.74) is 1.78. The Kier molecular flexibility index (Phi) is 4.94. The Bertz CT molecular complexity index is 428. The second-order valence-electron chi connectivity index (χ2n) is 6.59. The highest BCUT2D eigenvalue weighted by atomic mass is 16.5. The number of rotatable bonds is 5. The maximum Gasteiger partial charge on any atom is 0.0724 e. The van der Waals surface area contributed by atoms with Crippen LogP contribution in [0.15, 0.2) is 30.3 Å². The van der Waals surface area contributed by atoms with Crippen molar-refractivity contribution >= 4 is 0 Å². The van der Waals surface area contributed by atoms with Crippen LogP contribution in [0.2, 0.25) is 0 Å². The van der Waals surface area contributed by atoms with Crippen LogP contribution in [-0.4, -0.2) is 38.9 Å². The molecule has 0 amide bonds. The standard InChI is InChI=1S/C18H28N2O/c1-21-17-9-5-8-16(17)20-14-18(10-12-19-13-11-18)15-6-3-2-4-7-15/h2-4,6-7,16-17,19-20H,5,8-14H2,1H3. The van der Waals surface area contributed by atoms with Crippen molar-refractivity contribution in [3.63, 3.8) is 0 Å². The van der Waals surface area contributed by atoms with Crippen molar-refractivity contribution in [2.24, 2.45) is 0 Å². The summed E-state index contributed by atoms with van der Waals surface area (Å²) in [6.45, 7) is 3.31. The predicted molar refractivity (Wildman–Crippen MR) is 86.7 cm³/mol. The van der Waals surface area contributed by atoms with E-state index in [9.17, 15) is 0 Å². The van der Waals surface area contributed by atoms with Crippen LogP contribution < -0.4 is 10.6 Å². The third kappa shape index (κ3) is 3.31. The molecule has 1 aromatic rings. The number of ether oxygens (including phenoxy) is 1. The van der Waals surface area contributed by atoms with Crippen molar-refractivity contribution in [1.29, 1.82) is 0 Å². The third-order valence-corrected chi connectivity index (χ3v) is 5.40. The molecule has 0 radical (unpaired) electrons. The Hall–Kier alpha value is -0.900. The molecule has 21 heavy (non-hydrogen) atoms. The molecule has 3 heteroatoms. The molecule has 2 N–H and O–H groups in total. The van der Waals surface area contributed by atoms with E-state index in [1.54, 1.807) is 0 Å². The van der Waals surface area contributed by atoms with Crippen molar-refractivity contribution in [3.8, 4) is 0 Å². The largest absolute Gasteiger partial charge is 0.380 e. The van der Waals surface area contributed by atoms with Crippen molar-refractivity contribution in [2.45, 2.75) is 49.7 Å². The number of benzene rings is 1. The lowest BCUT2D eigenvalue weighted by molar-refractivity contribution is 0.0818. The minimum absolute atomic E-state index is 0.285. The van der Waals surface area contributed by atoms with Crippen LogP contribution in [0.25, 0.3) is 0 Å². The molecular weight excluding hydrogens is 260 g/mol. The van der Waals surface area contributed by atoms with Crippen LogP contribution in [0.4, 0.5) is 0 Å². The van der Waals surface area contributed by atoms with Crippen LogP contribution in [0.1, 0.15) is 37.7 Å². The molecule has 1 aromatic carbocycles. The molecule has 1 saturated carbocycles. The summed E-state index contributed by atoms with van der Waals surface area (Å²) in [5, 5.41) is 7.34. The van der Waals surface area contributed by atoms with E-state index in [2.05, 4.69) is 41.0 Å². The van der Waals surface area contributed by atoms with Gasteiger partial charge in [0.1, 0.15) is 0 Å². The Morgan fingerprint density at radius 1 is 1.19 bits per heavy atom. The molecule has 2 unspecified atom stereocenters. The summed E-state index contributed by atoms with van der Waals surface area (Å²) in [6.07, 6.45) is 6.58. The summed E-state index contributed by atoms with van der Waals surface area (Å²) < 4.78 is 5.63. The summed E-state index contributed by atoms with van der Waals surface area (Å²) in [4.78, 5) is 0. The smallest absolute Gasteiger partial charge is 0.0724 e. The topological polar surface area (TPSA) is 33.3 Å². The Balaban J connectivity index is 1.71. The zero-order valence-corrected chi connectivity index (χ0v) is 13.1. The molecule has 3 rings (SSSR count). The van der Waals surface area contributed by atoms with Gasteiger partial charge in [-0.3, -0.25) is 0 Å². The number of hydrogen-bond donors (Lipinski definition) is 2. The SMILES string of the molecule is COC1CCCC1NCC1(c2ccccc2)CCNCC1. The molecule has 1 aliphatic heterocycles. The monoisotopic (exact) mass is 288 g/mol. The summed E-state index contributed by atoms with van der Waals surface area (Å²) in [7, 11) is 1.85. The van der Waals surface area contributed by atoms with E-state index in [1.165, 1.54) is 37.7 Å². The van der Waals surface area contributed by atoms with Crippen molar-refractivity contribution in [3.05, 3.63) is 35.9 Å². The van der Waals surface area contributed by atoms with Gasteiger partial charge in [0.15, 0.2) is 0 Å². The maximum absolute atomic E-state index is 5.63. The van der Waals surface area contributed by atoms with Crippen molar-refractivity contribution in [2.75, 3.05) is 26.7 Å². The van der Waals surface area contributed by atoms with Gasteiger partial charge in [0, 0.05) is 25.1 Å². The lowest BCUT2D eigenvalue weighted by atomic mass is 9.73. The minimum atomic E-state index is 0.285. The van der Waals surface area contributed by atoms with Gasteiger partial charge in [-0.05, 0) is 50.8 Å². The second kappa shape index (κ2) is 6.91. The van der Waals surface area contributed by atoms with Gasteiger partial charge in [-0.1, -0.05) is 30.3 Å². The third-order valence-electron chi connectivity index (χ3n) is 5.40. The number of nitrogens with one attached hydrogen (secondary N) is 2. The fourth-order valence-corrected chi connectivity index (χ4v) is 4.03. The highest BCUT2D eigenvalue weighted by molar-refractivity contribution is 5.27. The minimum Gasteiger partial charge on any atom is -0.380 e. The second-order valence-corrected chi connectivity index (χ2v) is 6.59. The van der Waals surface area contributed by atoms with Gasteiger partial charge in [0.2, 0.25) is 0 Å². The van der Waals surface area contributed by atoms with Gasteiger partial charge in [-0.15, -0.1) is 0 Å². The van der Waals surface area contributed by atoms with E-state index in [0.29, 0.717) is 12.1 Å². The fraction of sp³-hybridized carbons (Fsp3) is 0.667. The molecule has 2 aliphatic rings. The molecule has 1 heterocycles. The highest BCUT2D eigenvalue weighted by Gasteiger charge is 2.36. The quantitative estimate of drug-likeness (QED) is 0.873. The average molecular weight is 288 g/mol. The Labute approximate surface area is 128 Å². The fourth-order valence-electron chi connectivity index (χ4n) is 4.03. The van der Waals surface area contributed by atoms with Gasteiger partial charge < -0.3 is 15.4 Å². The van der Waals surface area contributed by atoms with Crippen LogP contribution in [0.5, 0.6) is 0 Å². The van der Waals surface area contributed by atoms with E-state index >= 15 is 0 Å². The normalized spacial score (nSPS) is 28.6. The molecular formula is C18H28N2O. The first-order valence-electron chi connectivity index (χ1n) is 8.36. The first-order valence-corrected chi connectivity index (χ1v) is 8.36. The van der Waals surface area contributed by atoms with E-state index in [1.807, 2.05) is 7.11 Å². The maximum atomic E-state index is 5.63. The molecule has 116 valence electrons. The van der Waals surface area contributed by atoms with Gasteiger partial charge in [-0.2, -0.15) is 0 Å².